The smallest absolute Gasteiger partial charge is 0.325 e. The van der Waals surface area contributed by atoms with E-state index in [4.69, 9.17) is 4.74 Å². The van der Waals surface area contributed by atoms with Crippen LogP contribution in [0.2, 0.25) is 0 Å². The summed E-state index contributed by atoms with van der Waals surface area (Å²) in [7, 11) is 1.33. The fraction of sp³-hybridized carbons (Fsp3) is 0.435. The summed E-state index contributed by atoms with van der Waals surface area (Å²) in [5.41, 5.74) is 2.03. The van der Waals surface area contributed by atoms with E-state index in [1.54, 1.807) is 4.90 Å². The van der Waals surface area contributed by atoms with E-state index in [2.05, 4.69) is 38.5 Å². The van der Waals surface area contributed by atoms with Gasteiger partial charge < -0.3 is 9.64 Å². The quantitative estimate of drug-likeness (QED) is 0.486. The lowest BCUT2D eigenvalue weighted by molar-refractivity contribution is -0.147. The van der Waals surface area contributed by atoms with Gasteiger partial charge in [0.1, 0.15) is 6.54 Å². The summed E-state index contributed by atoms with van der Waals surface area (Å²) in [5, 5.41) is 14.4. The zero-order valence-electron chi connectivity index (χ0n) is 17.9. The molecular weight excluding hydrogens is 394 g/mol. The molecule has 0 bridgehead atoms. The Morgan fingerprint density at radius 1 is 1.39 bits per heavy atom. The second kappa shape index (κ2) is 11.1. The number of rotatable bonds is 9. The first-order valence-corrected chi connectivity index (χ1v) is 10.5. The lowest BCUT2D eigenvalue weighted by Crippen LogP contribution is -2.39. The van der Waals surface area contributed by atoms with Gasteiger partial charge in [0, 0.05) is 24.5 Å². The molecule has 2 aliphatic rings. The van der Waals surface area contributed by atoms with Gasteiger partial charge >= 0.3 is 5.97 Å². The topological polar surface area (TPSA) is 101 Å². The molecule has 0 fully saturated rings. The average molecular weight is 422 g/mol. The summed E-state index contributed by atoms with van der Waals surface area (Å²) in [6.07, 6.45) is 14.9. The van der Waals surface area contributed by atoms with E-state index in [0.717, 1.165) is 30.4 Å². The van der Waals surface area contributed by atoms with Crippen LogP contribution in [0, 0.1) is 23.7 Å². The zero-order chi connectivity index (χ0) is 22.1. The summed E-state index contributed by atoms with van der Waals surface area (Å²) in [5.74, 6) is 6.29. The number of ether oxygens (including phenoxy) is 1. The minimum Gasteiger partial charge on any atom is -0.468 e. The minimum atomic E-state index is -0.432. The molecule has 162 valence electrons. The number of aromatic amines is 1. The van der Waals surface area contributed by atoms with Gasteiger partial charge in [0.15, 0.2) is 0 Å². The van der Waals surface area contributed by atoms with E-state index in [-0.39, 0.29) is 24.3 Å². The van der Waals surface area contributed by atoms with E-state index in [0.29, 0.717) is 18.8 Å². The van der Waals surface area contributed by atoms with Gasteiger partial charge in [-0.3, -0.25) is 9.59 Å². The van der Waals surface area contributed by atoms with Crippen LogP contribution in [0.3, 0.4) is 0 Å². The SMILES string of the molecule is CCCCC(=O)N(CC(=O)OC)CC1C#CC=C(C2CC=CC=C2c2nn[nH]n2)C=C1. The number of hydrogen-bond donors (Lipinski definition) is 1. The summed E-state index contributed by atoms with van der Waals surface area (Å²) in [4.78, 5) is 25.9. The van der Waals surface area contributed by atoms with Crippen molar-refractivity contribution in [1.82, 2.24) is 25.5 Å². The molecule has 0 saturated carbocycles. The molecule has 1 heterocycles. The number of allylic oxidation sites excluding steroid dienone is 7. The Labute approximate surface area is 182 Å². The van der Waals surface area contributed by atoms with Crippen LogP contribution in [0.5, 0.6) is 0 Å². The Balaban J connectivity index is 1.71. The van der Waals surface area contributed by atoms with Crippen molar-refractivity contribution in [1.29, 1.82) is 0 Å². The van der Waals surface area contributed by atoms with Crippen LogP contribution in [-0.4, -0.2) is 57.6 Å². The third-order valence-corrected chi connectivity index (χ3v) is 5.26. The number of hydrogen-bond acceptors (Lipinski definition) is 6. The number of amides is 1. The highest BCUT2D eigenvalue weighted by molar-refractivity contribution is 5.82. The van der Waals surface area contributed by atoms with Crippen LogP contribution in [0.4, 0.5) is 0 Å². The molecule has 1 N–H and O–H groups in total. The molecule has 8 nitrogen and oxygen atoms in total. The summed E-state index contributed by atoms with van der Waals surface area (Å²) in [6, 6.07) is 0. The number of esters is 1. The summed E-state index contributed by atoms with van der Waals surface area (Å²) < 4.78 is 4.76. The largest absolute Gasteiger partial charge is 0.468 e. The number of nitrogens with zero attached hydrogens (tertiary/aromatic N) is 4. The number of aromatic nitrogens is 4. The highest BCUT2D eigenvalue weighted by Gasteiger charge is 2.24. The molecule has 0 saturated heterocycles. The van der Waals surface area contributed by atoms with E-state index >= 15 is 0 Å². The Bertz CT molecular complexity index is 963. The van der Waals surface area contributed by atoms with Gasteiger partial charge in [-0.2, -0.15) is 5.21 Å². The fourth-order valence-electron chi connectivity index (χ4n) is 3.54. The first-order chi connectivity index (χ1) is 15.1. The molecule has 2 atom stereocenters. The van der Waals surface area contributed by atoms with E-state index in [9.17, 15) is 9.59 Å². The van der Waals surface area contributed by atoms with Crippen LogP contribution in [0.25, 0.3) is 5.57 Å². The maximum absolute atomic E-state index is 12.6. The Kier molecular flexibility index (Phi) is 7.93. The molecule has 1 amide bonds. The number of methoxy groups -OCH3 is 1. The highest BCUT2D eigenvalue weighted by atomic mass is 16.5. The van der Waals surface area contributed by atoms with E-state index in [1.807, 2.05) is 37.3 Å². The van der Waals surface area contributed by atoms with Crippen molar-refractivity contribution in [3.8, 4) is 11.8 Å². The third-order valence-electron chi connectivity index (χ3n) is 5.26. The average Bonchev–Trinajstić information content (AvgIpc) is 3.23. The maximum atomic E-state index is 12.6. The van der Waals surface area contributed by atoms with Crippen molar-refractivity contribution in [2.45, 2.75) is 32.6 Å². The van der Waals surface area contributed by atoms with Crippen molar-refractivity contribution in [3.63, 3.8) is 0 Å². The zero-order valence-corrected chi connectivity index (χ0v) is 17.9. The summed E-state index contributed by atoms with van der Waals surface area (Å²) >= 11 is 0. The first kappa shape index (κ1) is 22.2. The van der Waals surface area contributed by atoms with E-state index in [1.165, 1.54) is 7.11 Å². The molecule has 0 aromatic carbocycles. The molecule has 2 unspecified atom stereocenters. The van der Waals surface area contributed by atoms with Crippen LogP contribution >= 0.6 is 0 Å². The number of unbranched alkanes of at least 4 members (excludes halogenated alkanes) is 1. The van der Waals surface area contributed by atoms with Crippen molar-refractivity contribution < 1.29 is 14.3 Å². The Morgan fingerprint density at radius 2 is 2.26 bits per heavy atom. The van der Waals surface area contributed by atoms with Gasteiger partial charge in [0.25, 0.3) is 0 Å². The lowest BCUT2D eigenvalue weighted by Gasteiger charge is -2.23. The van der Waals surface area contributed by atoms with Gasteiger partial charge in [-0.25, -0.2) is 0 Å². The van der Waals surface area contributed by atoms with Crippen LogP contribution in [-0.2, 0) is 14.3 Å². The maximum Gasteiger partial charge on any atom is 0.325 e. The van der Waals surface area contributed by atoms with Crippen LogP contribution in [0.1, 0.15) is 38.4 Å². The van der Waals surface area contributed by atoms with Gasteiger partial charge in [0.05, 0.1) is 13.0 Å². The second-order valence-corrected chi connectivity index (χ2v) is 7.43. The van der Waals surface area contributed by atoms with Crippen LogP contribution < -0.4 is 0 Å². The van der Waals surface area contributed by atoms with Crippen molar-refractivity contribution in [2.75, 3.05) is 20.2 Å². The predicted octanol–water partition coefficient (Wildman–Crippen LogP) is 2.47. The number of H-pyrrole nitrogens is 1. The molecule has 0 aliphatic heterocycles. The Morgan fingerprint density at radius 3 is 3.00 bits per heavy atom. The Hall–Kier alpha value is -3.47. The summed E-state index contributed by atoms with van der Waals surface area (Å²) in [6.45, 7) is 2.31. The number of carbonyl (C=O) groups is 2. The molecule has 0 spiro atoms. The van der Waals surface area contributed by atoms with Crippen molar-refractivity contribution in [3.05, 3.63) is 47.9 Å². The molecular formula is C23H27N5O3. The van der Waals surface area contributed by atoms with Gasteiger partial charge in [-0.15, -0.1) is 10.2 Å². The molecule has 1 aromatic rings. The molecule has 0 radical (unpaired) electrons. The predicted molar refractivity (Wildman–Crippen MR) is 116 cm³/mol. The van der Waals surface area contributed by atoms with Gasteiger partial charge in [0.2, 0.25) is 11.7 Å². The lowest BCUT2D eigenvalue weighted by atomic mass is 9.84. The molecule has 8 heteroatoms. The minimum absolute atomic E-state index is 0.0559. The normalized spacial score (nSPS) is 19.5. The standard InChI is InChI=1S/C23H27N5O3/c1-3-4-12-21(29)28(16-22(30)31-2)15-17-8-7-9-18(14-13-17)19-10-5-6-11-20(19)23-24-26-27-25-23/h5-6,9,11,13-14,17,19H,3-4,10,12,15-16H2,1-2H3,(H,24,25,26,27). The molecule has 2 aliphatic carbocycles. The monoisotopic (exact) mass is 421 g/mol. The van der Waals surface area contributed by atoms with Crippen LogP contribution in [0.15, 0.2) is 42.0 Å². The fourth-order valence-corrected chi connectivity index (χ4v) is 3.54. The molecule has 1 aromatic heterocycles. The van der Waals surface area contributed by atoms with E-state index < -0.39 is 5.97 Å². The first-order valence-electron chi connectivity index (χ1n) is 10.5. The molecule has 3 rings (SSSR count). The third kappa shape index (κ3) is 6.01. The van der Waals surface area contributed by atoms with Gasteiger partial charge in [-0.1, -0.05) is 55.6 Å². The van der Waals surface area contributed by atoms with Crippen molar-refractivity contribution in [2.24, 2.45) is 11.8 Å². The number of tetrazole rings is 1. The highest BCUT2D eigenvalue weighted by Crippen LogP contribution is 2.34. The number of nitrogens with one attached hydrogen (secondary N) is 1. The van der Waals surface area contributed by atoms with Crippen molar-refractivity contribution >= 4 is 17.4 Å². The second-order valence-electron chi connectivity index (χ2n) is 7.43. The number of carbonyl (C=O) groups excluding carboxylic acids is 2. The van der Waals surface area contributed by atoms with Gasteiger partial charge in [-0.05, 0) is 29.7 Å². The molecule has 31 heavy (non-hydrogen) atoms.